The van der Waals surface area contributed by atoms with Crippen LogP contribution in [-0.4, -0.2) is 18.8 Å². The first-order chi connectivity index (χ1) is 8.19. The average Bonchev–Trinajstić information content (AvgIpc) is 3.12. The highest BCUT2D eigenvalue weighted by Crippen LogP contribution is 2.47. The molecule has 3 heteroatoms. The molecule has 0 aliphatic heterocycles. The van der Waals surface area contributed by atoms with Crippen molar-refractivity contribution >= 4 is 0 Å². The molecule has 17 heavy (non-hydrogen) atoms. The summed E-state index contributed by atoms with van der Waals surface area (Å²) in [7, 11) is 1.64. The van der Waals surface area contributed by atoms with Crippen LogP contribution in [0.3, 0.4) is 0 Å². The van der Waals surface area contributed by atoms with Crippen molar-refractivity contribution in [2.24, 2.45) is 5.41 Å². The van der Waals surface area contributed by atoms with Gasteiger partial charge in [-0.1, -0.05) is 6.92 Å². The van der Waals surface area contributed by atoms with E-state index in [4.69, 9.17) is 4.74 Å². The van der Waals surface area contributed by atoms with Crippen molar-refractivity contribution in [3.05, 3.63) is 23.8 Å². The third-order valence-electron chi connectivity index (χ3n) is 3.81. The van der Waals surface area contributed by atoms with Crippen LogP contribution in [0, 0.1) is 5.41 Å². The van der Waals surface area contributed by atoms with E-state index in [0.29, 0.717) is 17.7 Å². The van der Waals surface area contributed by atoms with E-state index in [9.17, 15) is 5.11 Å². The van der Waals surface area contributed by atoms with E-state index >= 15 is 0 Å². The second-order valence-corrected chi connectivity index (χ2v) is 4.95. The van der Waals surface area contributed by atoms with Crippen LogP contribution in [0.4, 0.5) is 0 Å². The lowest BCUT2D eigenvalue weighted by molar-refractivity contribution is 0.407. The first-order valence-electron chi connectivity index (χ1n) is 6.26. The molecule has 3 nitrogen and oxygen atoms in total. The van der Waals surface area contributed by atoms with Crippen molar-refractivity contribution in [3.8, 4) is 11.5 Å². The van der Waals surface area contributed by atoms with Gasteiger partial charge >= 0.3 is 0 Å². The molecule has 0 aromatic heterocycles. The summed E-state index contributed by atoms with van der Waals surface area (Å²) in [5, 5.41) is 13.2. The van der Waals surface area contributed by atoms with Crippen LogP contribution in [0.5, 0.6) is 11.5 Å². The van der Waals surface area contributed by atoms with E-state index in [-0.39, 0.29) is 0 Å². The van der Waals surface area contributed by atoms with Gasteiger partial charge in [-0.2, -0.15) is 0 Å². The molecule has 0 bridgehead atoms. The van der Waals surface area contributed by atoms with Gasteiger partial charge in [0.1, 0.15) is 11.5 Å². The first-order valence-corrected chi connectivity index (χ1v) is 6.26. The Balaban J connectivity index is 1.89. The van der Waals surface area contributed by atoms with Crippen LogP contribution in [-0.2, 0) is 6.54 Å². The Bertz CT molecular complexity index is 386. The minimum Gasteiger partial charge on any atom is -0.508 e. The van der Waals surface area contributed by atoms with Gasteiger partial charge in [-0.05, 0) is 42.9 Å². The Morgan fingerprint density at radius 1 is 1.41 bits per heavy atom. The molecule has 1 fully saturated rings. The van der Waals surface area contributed by atoms with E-state index in [0.717, 1.165) is 17.9 Å². The molecular formula is C14H21NO2. The van der Waals surface area contributed by atoms with Crippen LogP contribution in [0.25, 0.3) is 0 Å². The summed E-state index contributed by atoms with van der Waals surface area (Å²) in [6, 6.07) is 5.34. The third kappa shape index (κ3) is 2.91. The van der Waals surface area contributed by atoms with E-state index in [2.05, 4.69) is 12.2 Å². The quantitative estimate of drug-likeness (QED) is 0.796. The van der Waals surface area contributed by atoms with Crippen LogP contribution in [0.2, 0.25) is 0 Å². The summed E-state index contributed by atoms with van der Waals surface area (Å²) in [4.78, 5) is 0. The SMILES string of the molecule is CCC1(CNCc2cc(OC)ccc2O)CC1. The van der Waals surface area contributed by atoms with E-state index < -0.39 is 0 Å². The zero-order valence-corrected chi connectivity index (χ0v) is 10.6. The average molecular weight is 235 g/mol. The Morgan fingerprint density at radius 3 is 2.76 bits per heavy atom. The van der Waals surface area contributed by atoms with E-state index in [1.807, 2.05) is 6.07 Å². The number of rotatable bonds is 6. The molecule has 0 heterocycles. The highest BCUT2D eigenvalue weighted by molar-refractivity contribution is 5.39. The lowest BCUT2D eigenvalue weighted by Gasteiger charge is -2.14. The Morgan fingerprint density at radius 2 is 2.18 bits per heavy atom. The van der Waals surface area contributed by atoms with E-state index in [1.54, 1.807) is 19.2 Å². The number of hydrogen-bond donors (Lipinski definition) is 2. The molecule has 1 saturated carbocycles. The van der Waals surface area contributed by atoms with Crippen LogP contribution >= 0.6 is 0 Å². The summed E-state index contributed by atoms with van der Waals surface area (Å²) in [6.45, 7) is 3.99. The molecule has 1 aliphatic rings. The maximum Gasteiger partial charge on any atom is 0.120 e. The van der Waals surface area contributed by atoms with Crippen molar-refractivity contribution < 1.29 is 9.84 Å². The van der Waals surface area contributed by atoms with Gasteiger partial charge in [0.15, 0.2) is 0 Å². The second kappa shape index (κ2) is 4.96. The molecule has 0 radical (unpaired) electrons. The number of benzene rings is 1. The van der Waals surface area contributed by atoms with Crippen molar-refractivity contribution in [2.75, 3.05) is 13.7 Å². The summed E-state index contributed by atoms with van der Waals surface area (Å²) in [6.07, 6.45) is 3.91. The predicted molar refractivity (Wildman–Crippen MR) is 68.3 cm³/mol. The lowest BCUT2D eigenvalue weighted by atomic mass is 10.0. The largest absolute Gasteiger partial charge is 0.508 e. The van der Waals surface area contributed by atoms with Gasteiger partial charge in [-0.3, -0.25) is 0 Å². The lowest BCUT2D eigenvalue weighted by Crippen LogP contribution is -2.23. The van der Waals surface area contributed by atoms with Gasteiger partial charge in [0.25, 0.3) is 0 Å². The number of ether oxygens (including phenoxy) is 1. The van der Waals surface area contributed by atoms with Gasteiger partial charge in [0.05, 0.1) is 7.11 Å². The molecular weight excluding hydrogens is 214 g/mol. The number of hydrogen-bond acceptors (Lipinski definition) is 3. The number of phenolic OH excluding ortho intramolecular Hbond substituents is 1. The minimum atomic E-state index is 0.333. The third-order valence-corrected chi connectivity index (χ3v) is 3.81. The molecule has 1 aromatic rings. The maximum atomic E-state index is 9.74. The molecule has 1 aromatic carbocycles. The monoisotopic (exact) mass is 235 g/mol. The molecule has 2 rings (SSSR count). The zero-order chi connectivity index (χ0) is 12.3. The smallest absolute Gasteiger partial charge is 0.120 e. The fourth-order valence-corrected chi connectivity index (χ4v) is 2.12. The van der Waals surface area contributed by atoms with Crippen LogP contribution in [0.1, 0.15) is 31.7 Å². The standard InChI is InChI=1S/C14H21NO2/c1-3-14(6-7-14)10-15-9-11-8-12(17-2)4-5-13(11)16/h4-5,8,15-16H,3,6-7,9-10H2,1-2H3. The van der Waals surface area contributed by atoms with Crippen molar-refractivity contribution in [1.29, 1.82) is 0 Å². The van der Waals surface area contributed by atoms with E-state index in [1.165, 1.54) is 19.3 Å². The minimum absolute atomic E-state index is 0.333. The molecule has 0 amide bonds. The molecule has 1 aliphatic carbocycles. The fraction of sp³-hybridized carbons (Fsp3) is 0.571. The van der Waals surface area contributed by atoms with Crippen LogP contribution in [0.15, 0.2) is 18.2 Å². The van der Waals surface area contributed by atoms with Crippen molar-refractivity contribution in [1.82, 2.24) is 5.32 Å². The number of nitrogens with one attached hydrogen (secondary N) is 1. The Kier molecular flexibility index (Phi) is 3.57. The molecule has 94 valence electrons. The normalized spacial score (nSPS) is 16.8. The summed E-state index contributed by atoms with van der Waals surface area (Å²) in [5.41, 5.74) is 1.44. The maximum absolute atomic E-state index is 9.74. The van der Waals surface area contributed by atoms with Crippen molar-refractivity contribution in [2.45, 2.75) is 32.7 Å². The highest BCUT2D eigenvalue weighted by atomic mass is 16.5. The van der Waals surface area contributed by atoms with Gasteiger partial charge < -0.3 is 15.2 Å². The van der Waals surface area contributed by atoms with Crippen molar-refractivity contribution in [3.63, 3.8) is 0 Å². The van der Waals surface area contributed by atoms with Gasteiger partial charge in [-0.25, -0.2) is 0 Å². The second-order valence-electron chi connectivity index (χ2n) is 4.95. The number of aromatic hydroxyl groups is 1. The summed E-state index contributed by atoms with van der Waals surface area (Å²) < 4.78 is 5.15. The fourth-order valence-electron chi connectivity index (χ4n) is 2.12. The summed E-state index contributed by atoms with van der Waals surface area (Å²) in [5.74, 6) is 1.12. The highest BCUT2D eigenvalue weighted by Gasteiger charge is 2.39. The van der Waals surface area contributed by atoms with Crippen LogP contribution < -0.4 is 10.1 Å². The predicted octanol–water partition coefficient (Wildman–Crippen LogP) is 2.68. The van der Waals surface area contributed by atoms with Gasteiger partial charge in [-0.15, -0.1) is 0 Å². The molecule has 0 spiro atoms. The Hall–Kier alpha value is -1.22. The zero-order valence-electron chi connectivity index (χ0n) is 10.6. The molecule has 0 atom stereocenters. The van der Waals surface area contributed by atoms with Gasteiger partial charge in [0.2, 0.25) is 0 Å². The molecule has 2 N–H and O–H groups in total. The molecule has 0 saturated heterocycles. The first kappa shape index (κ1) is 12.2. The number of methoxy groups -OCH3 is 1. The molecule has 0 unspecified atom stereocenters. The van der Waals surface area contributed by atoms with Gasteiger partial charge in [0, 0.05) is 18.7 Å². The number of phenols is 1. The topological polar surface area (TPSA) is 41.5 Å². The summed E-state index contributed by atoms with van der Waals surface area (Å²) >= 11 is 0. The Labute approximate surface area is 103 Å².